The van der Waals surface area contributed by atoms with Gasteiger partial charge in [-0.2, -0.15) is 5.10 Å². The van der Waals surface area contributed by atoms with Crippen molar-refractivity contribution < 1.29 is 14.3 Å². The van der Waals surface area contributed by atoms with Crippen LogP contribution in [0.4, 0.5) is 5.69 Å². The zero-order valence-corrected chi connectivity index (χ0v) is 14.1. The summed E-state index contributed by atoms with van der Waals surface area (Å²) in [4.78, 5) is 12.4. The summed E-state index contributed by atoms with van der Waals surface area (Å²) in [5.74, 6) is 1.23. The number of methoxy groups -OCH3 is 1. The van der Waals surface area contributed by atoms with Crippen LogP contribution in [0.5, 0.6) is 11.5 Å². The lowest BCUT2D eigenvalue weighted by molar-refractivity contribution is -0.119. The molecule has 2 aromatic rings. The Morgan fingerprint density at radius 2 is 2.12 bits per heavy atom. The standard InChI is InChI=1S/C18H23N3O3/c1-13(21-11-5-10-19-21)18(22)20-14-8-9-16(23-2)17(12-14)24-15-6-3-4-7-15/h5,8-13,15H,3-4,6-7H2,1-2H3,(H,20,22)/t13-/m1/s1. The van der Waals surface area contributed by atoms with Gasteiger partial charge in [-0.25, -0.2) is 0 Å². The average Bonchev–Trinajstić information content (AvgIpc) is 3.28. The highest BCUT2D eigenvalue weighted by atomic mass is 16.5. The van der Waals surface area contributed by atoms with Gasteiger partial charge < -0.3 is 14.8 Å². The Morgan fingerprint density at radius 3 is 2.79 bits per heavy atom. The molecule has 1 amide bonds. The Hall–Kier alpha value is -2.50. The van der Waals surface area contributed by atoms with E-state index in [1.807, 2.05) is 25.1 Å². The van der Waals surface area contributed by atoms with E-state index in [1.165, 1.54) is 12.8 Å². The first kappa shape index (κ1) is 16.4. The van der Waals surface area contributed by atoms with Gasteiger partial charge >= 0.3 is 0 Å². The second kappa shape index (κ2) is 7.38. The van der Waals surface area contributed by atoms with E-state index < -0.39 is 0 Å². The van der Waals surface area contributed by atoms with Gasteiger partial charge in [-0.3, -0.25) is 9.48 Å². The predicted molar refractivity (Wildman–Crippen MR) is 91.4 cm³/mol. The molecule has 24 heavy (non-hydrogen) atoms. The molecule has 1 saturated carbocycles. The molecule has 0 saturated heterocycles. The van der Waals surface area contributed by atoms with Gasteiger partial charge in [-0.1, -0.05) is 0 Å². The molecule has 6 heteroatoms. The largest absolute Gasteiger partial charge is 0.493 e. The zero-order valence-electron chi connectivity index (χ0n) is 14.1. The quantitative estimate of drug-likeness (QED) is 0.882. The summed E-state index contributed by atoms with van der Waals surface area (Å²) < 4.78 is 13.0. The topological polar surface area (TPSA) is 65.4 Å². The van der Waals surface area contributed by atoms with Crippen molar-refractivity contribution in [2.24, 2.45) is 0 Å². The number of amides is 1. The van der Waals surface area contributed by atoms with E-state index in [0.717, 1.165) is 12.8 Å². The van der Waals surface area contributed by atoms with E-state index in [1.54, 1.807) is 30.3 Å². The number of rotatable bonds is 6. The third-order valence-electron chi connectivity index (χ3n) is 4.33. The van der Waals surface area contributed by atoms with Crippen LogP contribution in [-0.2, 0) is 4.79 Å². The van der Waals surface area contributed by atoms with Crippen LogP contribution in [0.3, 0.4) is 0 Å². The molecule has 1 atom stereocenters. The van der Waals surface area contributed by atoms with E-state index in [4.69, 9.17) is 9.47 Å². The molecule has 1 N–H and O–H groups in total. The summed E-state index contributed by atoms with van der Waals surface area (Å²) >= 11 is 0. The Bertz CT molecular complexity index is 679. The lowest BCUT2D eigenvalue weighted by Gasteiger charge is -2.18. The van der Waals surface area contributed by atoms with Crippen molar-refractivity contribution in [2.45, 2.75) is 44.8 Å². The number of hydrogen-bond acceptors (Lipinski definition) is 4. The first-order valence-electron chi connectivity index (χ1n) is 8.32. The Morgan fingerprint density at radius 1 is 1.33 bits per heavy atom. The maximum absolute atomic E-state index is 12.4. The second-order valence-electron chi connectivity index (χ2n) is 6.04. The summed E-state index contributed by atoms with van der Waals surface area (Å²) in [6.07, 6.45) is 8.19. The molecule has 1 aliphatic rings. The molecule has 1 aromatic carbocycles. The number of hydrogen-bond donors (Lipinski definition) is 1. The fourth-order valence-electron chi connectivity index (χ4n) is 2.91. The Kier molecular flexibility index (Phi) is 5.03. The highest BCUT2D eigenvalue weighted by molar-refractivity contribution is 5.93. The fourth-order valence-corrected chi connectivity index (χ4v) is 2.91. The van der Waals surface area contributed by atoms with Crippen molar-refractivity contribution in [2.75, 3.05) is 12.4 Å². The third kappa shape index (κ3) is 3.69. The summed E-state index contributed by atoms with van der Waals surface area (Å²) in [5, 5.41) is 7.01. The van der Waals surface area contributed by atoms with Gasteiger partial charge in [0.15, 0.2) is 11.5 Å². The molecule has 0 radical (unpaired) electrons. The van der Waals surface area contributed by atoms with Crippen molar-refractivity contribution in [3.63, 3.8) is 0 Å². The van der Waals surface area contributed by atoms with Crippen LogP contribution in [0, 0.1) is 0 Å². The number of carbonyl (C=O) groups is 1. The number of benzene rings is 1. The highest BCUT2D eigenvalue weighted by Crippen LogP contribution is 2.34. The minimum Gasteiger partial charge on any atom is -0.493 e. The minimum atomic E-state index is -0.388. The van der Waals surface area contributed by atoms with Gasteiger partial charge in [0.25, 0.3) is 0 Å². The first-order valence-corrected chi connectivity index (χ1v) is 8.32. The van der Waals surface area contributed by atoms with E-state index in [-0.39, 0.29) is 18.1 Å². The molecule has 0 bridgehead atoms. The molecule has 1 heterocycles. The van der Waals surface area contributed by atoms with Crippen LogP contribution in [0.2, 0.25) is 0 Å². The van der Waals surface area contributed by atoms with Gasteiger partial charge in [-0.15, -0.1) is 0 Å². The SMILES string of the molecule is COc1ccc(NC(=O)[C@@H](C)n2cccn2)cc1OC1CCCC1. The Labute approximate surface area is 141 Å². The maximum Gasteiger partial charge on any atom is 0.248 e. The summed E-state index contributed by atoms with van der Waals surface area (Å²) in [5.41, 5.74) is 0.688. The predicted octanol–water partition coefficient (Wildman–Crippen LogP) is 3.41. The van der Waals surface area contributed by atoms with Crippen LogP contribution in [0.25, 0.3) is 0 Å². The Balaban J connectivity index is 1.72. The van der Waals surface area contributed by atoms with E-state index in [9.17, 15) is 4.79 Å². The number of nitrogens with one attached hydrogen (secondary N) is 1. The zero-order chi connectivity index (χ0) is 16.9. The molecule has 6 nitrogen and oxygen atoms in total. The fraction of sp³-hybridized carbons (Fsp3) is 0.444. The second-order valence-corrected chi connectivity index (χ2v) is 6.04. The third-order valence-corrected chi connectivity index (χ3v) is 4.33. The number of ether oxygens (including phenoxy) is 2. The number of aromatic nitrogens is 2. The van der Waals surface area contributed by atoms with Crippen LogP contribution in [-0.4, -0.2) is 28.9 Å². The van der Waals surface area contributed by atoms with Crippen molar-refractivity contribution in [1.29, 1.82) is 0 Å². The monoisotopic (exact) mass is 329 g/mol. The molecule has 1 aliphatic carbocycles. The molecular weight excluding hydrogens is 306 g/mol. The van der Waals surface area contributed by atoms with Crippen molar-refractivity contribution in [3.05, 3.63) is 36.7 Å². The highest BCUT2D eigenvalue weighted by Gasteiger charge is 2.20. The van der Waals surface area contributed by atoms with Crippen molar-refractivity contribution in [3.8, 4) is 11.5 Å². The van der Waals surface area contributed by atoms with Crippen LogP contribution >= 0.6 is 0 Å². The van der Waals surface area contributed by atoms with Gasteiger partial charge in [0.2, 0.25) is 5.91 Å². The van der Waals surface area contributed by atoms with Crippen molar-refractivity contribution in [1.82, 2.24) is 9.78 Å². The van der Waals surface area contributed by atoms with E-state index in [2.05, 4.69) is 10.4 Å². The minimum absolute atomic E-state index is 0.129. The summed E-state index contributed by atoms with van der Waals surface area (Å²) in [6, 6.07) is 6.86. The van der Waals surface area contributed by atoms with Gasteiger partial charge in [0.05, 0.1) is 13.2 Å². The van der Waals surface area contributed by atoms with Gasteiger partial charge in [0, 0.05) is 24.1 Å². The molecule has 0 aliphatic heterocycles. The van der Waals surface area contributed by atoms with Crippen LogP contribution < -0.4 is 14.8 Å². The molecule has 128 valence electrons. The molecule has 0 spiro atoms. The van der Waals surface area contributed by atoms with Crippen LogP contribution in [0.15, 0.2) is 36.7 Å². The lowest BCUT2D eigenvalue weighted by Crippen LogP contribution is -2.24. The number of anilines is 1. The lowest BCUT2D eigenvalue weighted by atomic mass is 10.2. The number of carbonyl (C=O) groups excluding carboxylic acids is 1. The summed E-state index contributed by atoms with van der Waals surface area (Å²) in [7, 11) is 1.62. The number of nitrogens with zero attached hydrogens (tertiary/aromatic N) is 2. The maximum atomic E-state index is 12.4. The van der Waals surface area contributed by atoms with E-state index in [0.29, 0.717) is 17.2 Å². The first-order chi connectivity index (χ1) is 11.7. The van der Waals surface area contributed by atoms with E-state index >= 15 is 0 Å². The normalized spacial score (nSPS) is 15.9. The molecule has 1 fully saturated rings. The smallest absolute Gasteiger partial charge is 0.248 e. The molecule has 1 aromatic heterocycles. The molecule has 0 unspecified atom stereocenters. The summed E-state index contributed by atoms with van der Waals surface area (Å²) in [6.45, 7) is 1.81. The molecular formula is C18H23N3O3. The van der Waals surface area contributed by atoms with Crippen molar-refractivity contribution >= 4 is 11.6 Å². The van der Waals surface area contributed by atoms with Gasteiger partial charge in [-0.05, 0) is 50.8 Å². The van der Waals surface area contributed by atoms with Crippen LogP contribution in [0.1, 0.15) is 38.6 Å². The van der Waals surface area contributed by atoms with Gasteiger partial charge in [0.1, 0.15) is 6.04 Å². The average molecular weight is 329 g/mol. The molecule has 3 rings (SSSR count).